The molecule has 8 nitrogen and oxygen atoms in total. The topological polar surface area (TPSA) is 120 Å². The molecule has 3 aromatic rings. The molecular formula is C36H42N2O6. The summed E-state index contributed by atoms with van der Waals surface area (Å²) in [6, 6.07) is 20.9. The molecule has 0 saturated carbocycles. The molecule has 4 rings (SSSR count). The third-order valence-electron chi connectivity index (χ3n) is 8.56. The summed E-state index contributed by atoms with van der Waals surface area (Å²) in [6.07, 6.45) is 6.03. The van der Waals surface area contributed by atoms with Gasteiger partial charge in [0.1, 0.15) is 23.0 Å². The summed E-state index contributed by atoms with van der Waals surface area (Å²) < 4.78 is 10.1. The van der Waals surface area contributed by atoms with Crippen molar-refractivity contribution in [3.05, 3.63) is 89.5 Å². The number of ether oxygens (including phenoxy) is 2. The summed E-state index contributed by atoms with van der Waals surface area (Å²) >= 11 is 0. The number of phenolic OH excluding ortho intramolecular Hbond substituents is 1. The first-order chi connectivity index (χ1) is 21.4. The third kappa shape index (κ3) is 9.40. The van der Waals surface area contributed by atoms with Gasteiger partial charge in [-0.2, -0.15) is 0 Å². The molecule has 3 atom stereocenters. The molecule has 0 spiro atoms. The van der Waals surface area contributed by atoms with Crippen LogP contribution in [0.1, 0.15) is 72.5 Å². The van der Waals surface area contributed by atoms with Crippen molar-refractivity contribution in [1.29, 1.82) is 5.26 Å². The molecule has 1 fully saturated rings. The van der Waals surface area contributed by atoms with Crippen LogP contribution in [0, 0.1) is 23.4 Å². The van der Waals surface area contributed by atoms with Gasteiger partial charge in [-0.1, -0.05) is 24.3 Å². The summed E-state index contributed by atoms with van der Waals surface area (Å²) in [5.74, 6) is 0.658. The lowest BCUT2D eigenvalue weighted by atomic mass is 9.77. The minimum atomic E-state index is -0.881. The highest BCUT2D eigenvalue weighted by Gasteiger charge is 2.35. The third-order valence-corrected chi connectivity index (χ3v) is 8.56. The van der Waals surface area contributed by atoms with Crippen LogP contribution in [0.5, 0.6) is 17.2 Å². The molecule has 1 heterocycles. The zero-order chi connectivity index (χ0) is 31.3. The van der Waals surface area contributed by atoms with E-state index in [1.165, 1.54) is 0 Å². The Hall–Kier alpha value is -4.19. The van der Waals surface area contributed by atoms with Gasteiger partial charge in [0, 0.05) is 36.8 Å². The molecule has 1 aliphatic heterocycles. The number of Topliss-reactive ketones (excluding diaryl/α,β-unsaturated/α-hetero) is 2. The van der Waals surface area contributed by atoms with Crippen LogP contribution in [0.4, 0.5) is 0 Å². The first-order valence-electron chi connectivity index (χ1n) is 15.4. The Labute approximate surface area is 259 Å². The van der Waals surface area contributed by atoms with E-state index in [1.54, 1.807) is 74.0 Å². The summed E-state index contributed by atoms with van der Waals surface area (Å²) in [5.41, 5.74) is 2.31. The number of nitrogens with zero attached hydrogens (tertiary/aromatic N) is 2. The summed E-state index contributed by atoms with van der Waals surface area (Å²) in [5, 5.41) is 30.3. The number of aliphatic hydroxyl groups excluding tert-OH is 1. The second-order valence-corrected chi connectivity index (χ2v) is 11.5. The Bertz CT molecular complexity index is 1380. The van der Waals surface area contributed by atoms with Crippen LogP contribution in [-0.4, -0.2) is 53.4 Å². The van der Waals surface area contributed by atoms with Crippen molar-refractivity contribution >= 4 is 11.6 Å². The number of aryl methyl sites for hydroxylation is 1. The van der Waals surface area contributed by atoms with Gasteiger partial charge in [-0.3, -0.25) is 9.59 Å². The molecule has 0 aromatic heterocycles. The number of benzene rings is 3. The maximum atomic E-state index is 14.0. The summed E-state index contributed by atoms with van der Waals surface area (Å²) in [7, 11) is 1.59. The van der Waals surface area contributed by atoms with Crippen molar-refractivity contribution in [2.75, 3.05) is 26.7 Å². The Morgan fingerprint density at radius 1 is 0.909 bits per heavy atom. The van der Waals surface area contributed by atoms with E-state index in [0.29, 0.717) is 67.7 Å². The minimum absolute atomic E-state index is 0.0372. The highest BCUT2D eigenvalue weighted by molar-refractivity contribution is 5.96. The van der Waals surface area contributed by atoms with Gasteiger partial charge in [0.25, 0.3) is 6.26 Å². The van der Waals surface area contributed by atoms with E-state index in [4.69, 9.17) is 14.7 Å². The fourth-order valence-electron chi connectivity index (χ4n) is 6.03. The largest absolute Gasteiger partial charge is 0.508 e. The predicted molar refractivity (Wildman–Crippen MR) is 168 cm³/mol. The van der Waals surface area contributed by atoms with Crippen LogP contribution < -0.4 is 9.47 Å². The predicted octanol–water partition coefficient (Wildman–Crippen LogP) is 6.27. The number of rotatable bonds is 17. The van der Waals surface area contributed by atoms with Crippen LogP contribution in [0.25, 0.3) is 0 Å². The van der Waals surface area contributed by atoms with Gasteiger partial charge in [0.2, 0.25) is 0 Å². The number of aromatic hydroxyl groups is 1. The van der Waals surface area contributed by atoms with E-state index < -0.39 is 12.0 Å². The van der Waals surface area contributed by atoms with Gasteiger partial charge in [0.15, 0.2) is 5.78 Å². The van der Waals surface area contributed by atoms with Gasteiger partial charge >= 0.3 is 0 Å². The van der Waals surface area contributed by atoms with E-state index in [0.717, 1.165) is 31.5 Å². The molecule has 3 aromatic carbocycles. The highest BCUT2D eigenvalue weighted by Crippen LogP contribution is 2.35. The smallest absolute Gasteiger partial charge is 0.292 e. The first-order valence-corrected chi connectivity index (χ1v) is 15.4. The number of phenols is 1. The first kappa shape index (κ1) is 32.7. The second kappa shape index (κ2) is 16.6. The molecule has 2 N–H and O–H groups in total. The van der Waals surface area contributed by atoms with Crippen molar-refractivity contribution in [3.63, 3.8) is 0 Å². The van der Waals surface area contributed by atoms with Crippen LogP contribution >= 0.6 is 0 Å². The molecule has 0 amide bonds. The van der Waals surface area contributed by atoms with Crippen LogP contribution in [-0.2, 0) is 11.2 Å². The number of hydrogen-bond donors (Lipinski definition) is 2. The fourth-order valence-corrected chi connectivity index (χ4v) is 6.03. The maximum absolute atomic E-state index is 14.0. The average molecular weight is 599 g/mol. The van der Waals surface area contributed by atoms with Gasteiger partial charge in [-0.05, 0) is 111 Å². The molecule has 0 bridgehead atoms. The minimum Gasteiger partial charge on any atom is -0.508 e. The van der Waals surface area contributed by atoms with Crippen LogP contribution in [0.3, 0.4) is 0 Å². The van der Waals surface area contributed by atoms with Gasteiger partial charge in [0.05, 0.1) is 13.2 Å². The van der Waals surface area contributed by atoms with Crippen molar-refractivity contribution < 1.29 is 29.3 Å². The standard InChI is InChI=1S/C36H42N2O6/c1-43-30-19-13-27(14-20-30)34(40)6-2-3-7-35(41)32(21-10-26-8-17-31(18-9-26)44-25-37)33(24-38-22-4-5-23-38)36(42)28-11-15-29(39)16-12-28/h8-9,11-20,32-33,36,39,42H,2-7,10,21-24H2,1H3/t32?,33-,36+/m0/s1. The zero-order valence-corrected chi connectivity index (χ0v) is 25.4. The number of ketones is 2. The second-order valence-electron chi connectivity index (χ2n) is 11.5. The lowest BCUT2D eigenvalue weighted by Crippen LogP contribution is -2.38. The summed E-state index contributed by atoms with van der Waals surface area (Å²) in [6.45, 7) is 2.48. The lowest BCUT2D eigenvalue weighted by molar-refractivity contribution is -0.127. The maximum Gasteiger partial charge on any atom is 0.292 e. The Kier molecular flexibility index (Phi) is 12.3. The monoisotopic (exact) mass is 598 g/mol. The number of unbranched alkanes of at least 4 members (excludes halogenated alkanes) is 1. The normalized spacial score (nSPS) is 15.2. The number of nitriles is 1. The number of likely N-dealkylation sites (tertiary alicyclic amines) is 1. The molecule has 44 heavy (non-hydrogen) atoms. The van der Waals surface area contributed by atoms with E-state index in [-0.39, 0.29) is 23.2 Å². The molecular weight excluding hydrogens is 556 g/mol. The number of methoxy groups -OCH3 is 1. The molecule has 0 aliphatic carbocycles. The van der Waals surface area contributed by atoms with E-state index in [1.807, 2.05) is 12.1 Å². The Morgan fingerprint density at radius 3 is 2.18 bits per heavy atom. The SMILES string of the molecule is COc1ccc(C(=O)CCCCC(=O)C(CCc2ccc(OC#N)cc2)[C@H](CN2CCCC2)[C@H](O)c2ccc(O)cc2)cc1. The molecule has 1 aliphatic rings. The van der Waals surface area contributed by atoms with Gasteiger partial charge < -0.3 is 24.6 Å². The average Bonchev–Trinajstić information content (AvgIpc) is 3.57. The molecule has 1 unspecified atom stereocenters. The van der Waals surface area contributed by atoms with Gasteiger partial charge in [-0.15, -0.1) is 5.26 Å². The number of carbonyl (C=O) groups excluding carboxylic acids is 2. The van der Waals surface area contributed by atoms with Crippen LogP contribution in [0.15, 0.2) is 72.8 Å². The van der Waals surface area contributed by atoms with E-state index in [9.17, 15) is 19.8 Å². The fraction of sp³-hybridized carbons (Fsp3) is 0.417. The lowest BCUT2D eigenvalue weighted by Gasteiger charge is -2.34. The van der Waals surface area contributed by atoms with E-state index >= 15 is 0 Å². The number of carbonyl (C=O) groups is 2. The van der Waals surface area contributed by atoms with Crippen molar-refractivity contribution in [2.45, 2.75) is 57.5 Å². The van der Waals surface area contributed by atoms with E-state index in [2.05, 4.69) is 4.90 Å². The highest BCUT2D eigenvalue weighted by atomic mass is 16.5. The summed E-state index contributed by atoms with van der Waals surface area (Å²) in [4.78, 5) is 29.0. The number of hydrogen-bond acceptors (Lipinski definition) is 8. The van der Waals surface area contributed by atoms with Crippen molar-refractivity contribution in [2.24, 2.45) is 11.8 Å². The van der Waals surface area contributed by atoms with Crippen molar-refractivity contribution in [3.8, 4) is 23.5 Å². The molecule has 0 radical (unpaired) electrons. The van der Waals surface area contributed by atoms with Crippen molar-refractivity contribution in [1.82, 2.24) is 4.90 Å². The quantitative estimate of drug-likeness (QED) is 0.106. The molecule has 1 saturated heterocycles. The number of aliphatic hydroxyl groups is 1. The Balaban J connectivity index is 1.48. The Morgan fingerprint density at radius 2 is 1.55 bits per heavy atom. The zero-order valence-electron chi connectivity index (χ0n) is 25.4. The molecule has 8 heteroatoms. The van der Waals surface area contributed by atoms with Gasteiger partial charge in [-0.25, -0.2) is 0 Å². The van der Waals surface area contributed by atoms with Crippen LogP contribution in [0.2, 0.25) is 0 Å². The molecule has 232 valence electrons.